The summed E-state index contributed by atoms with van der Waals surface area (Å²) in [5.74, 6) is 0.996. The number of nitrogens with zero attached hydrogens (tertiary/aromatic N) is 1. The topological polar surface area (TPSA) is 44.4 Å². The van der Waals surface area contributed by atoms with Crippen LogP contribution in [0.1, 0.15) is 32.1 Å². The Labute approximate surface area is 115 Å². The first kappa shape index (κ1) is 14.1. The Morgan fingerprint density at radius 2 is 1.94 bits per heavy atom. The third kappa shape index (κ3) is 3.84. The highest BCUT2D eigenvalue weighted by Gasteiger charge is 2.30. The minimum absolute atomic E-state index is 0. The van der Waals surface area contributed by atoms with Crippen LogP contribution in [-0.2, 0) is 4.79 Å². The number of carbonyl (C=O) groups excluding carboxylic acids is 1. The Morgan fingerprint density at radius 1 is 1.17 bits per heavy atom. The Morgan fingerprint density at radius 3 is 2.72 bits per heavy atom. The molecular weight excluding hydrogens is 250 g/mol. The van der Waals surface area contributed by atoms with Gasteiger partial charge in [0, 0.05) is 31.7 Å². The molecule has 104 valence electrons. The monoisotopic (exact) mass is 273 g/mol. The van der Waals surface area contributed by atoms with Crippen molar-refractivity contribution >= 4 is 18.3 Å². The van der Waals surface area contributed by atoms with Crippen molar-refractivity contribution in [1.82, 2.24) is 15.5 Å². The average molecular weight is 274 g/mol. The van der Waals surface area contributed by atoms with Gasteiger partial charge in [0.1, 0.15) is 0 Å². The molecule has 0 aromatic carbocycles. The number of halogens is 1. The average Bonchev–Trinajstić information content (AvgIpc) is 3.04. The third-order valence-corrected chi connectivity index (χ3v) is 4.26. The summed E-state index contributed by atoms with van der Waals surface area (Å²) in [5.41, 5.74) is 0. The fourth-order valence-electron chi connectivity index (χ4n) is 3.00. The standard InChI is InChI=1S/C13H23N3O.ClH/c17-13(14-7-10-1-2-10)9-16-6-5-11-3-4-12(8-16)15-11;/h10-12,15H,1-9H2,(H,14,17);1H. The van der Waals surface area contributed by atoms with Crippen LogP contribution in [0.2, 0.25) is 0 Å². The van der Waals surface area contributed by atoms with E-state index in [0.29, 0.717) is 18.6 Å². The number of hydrogen-bond donors (Lipinski definition) is 2. The van der Waals surface area contributed by atoms with Crippen LogP contribution in [-0.4, -0.2) is 49.1 Å². The second-order valence-electron chi connectivity index (χ2n) is 5.91. The Balaban J connectivity index is 0.00000120. The number of fused-ring (bicyclic) bond motifs is 2. The normalized spacial score (nSPS) is 31.6. The molecule has 18 heavy (non-hydrogen) atoms. The molecule has 4 nitrogen and oxygen atoms in total. The maximum absolute atomic E-state index is 11.8. The molecule has 1 amide bonds. The van der Waals surface area contributed by atoms with Gasteiger partial charge in [0.15, 0.2) is 0 Å². The van der Waals surface area contributed by atoms with Crippen molar-refractivity contribution < 1.29 is 4.79 Å². The zero-order chi connectivity index (χ0) is 11.7. The number of hydrogen-bond acceptors (Lipinski definition) is 3. The molecule has 2 heterocycles. The van der Waals surface area contributed by atoms with Gasteiger partial charge in [-0.3, -0.25) is 9.69 Å². The molecule has 0 radical (unpaired) electrons. The molecule has 3 aliphatic rings. The zero-order valence-electron chi connectivity index (χ0n) is 10.9. The fourth-order valence-corrected chi connectivity index (χ4v) is 3.00. The second kappa shape index (κ2) is 6.22. The molecule has 0 aromatic rings. The van der Waals surface area contributed by atoms with Crippen LogP contribution in [0.4, 0.5) is 0 Å². The van der Waals surface area contributed by atoms with Crippen molar-refractivity contribution in [1.29, 1.82) is 0 Å². The van der Waals surface area contributed by atoms with Crippen LogP contribution >= 0.6 is 12.4 Å². The van der Waals surface area contributed by atoms with Gasteiger partial charge in [-0.1, -0.05) is 0 Å². The molecule has 2 N–H and O–H groups in total. The minimum atomic E-state index is 0. The Hall–Kier alpha value is -0.320. The molecule has 1 saturated carbocycles. The molecule has 0 spiro atoms. The molecule has 5 heteroatoms. The van der Waals surface area contributed by atoms with Gasteiger partial charge in [-0.05, 0) is 38.0 Å². The largest absolute Gasteiger partial charge is 0.355 e. The maximum atomic E-state index is 11.8. The highest BCUT2D eigenvalue weighted by atomic mass is 35.5. The van der Waals surface area contributed by atoms with Crippen LogP contribution < -0.4 is 10.6 Å². The van der Waals surface area contributed by atoms with E-state index in [9.17, 15) is 4.79 Å². The predicted octanol–water partition coefficient (Wildman–Crippen LogP) is 0.761. The van der Waals surface area contributed by atoms with E-state index in [2.05, 4.69) is 15.5 Å². The first-order valence-corrected chi connectivity index (χ1v) is 7.05. The summed E-state index contributed by atoms with van der Waals surface area (Å²) in [6.07, 6.45) is 6.42. The summed E-state index contributed by atoms with van der Waals surface area (Å²) < 4.78 is 0. The second-order valence-corrected chi connectivity index (χ2v) is 5.91. The van der Waals surface area contributed by atoms with Crippen LogP contribution in [0.25, 0.3) is 0 Å². The van der Waals surface area contributed by atoms with Gasteiger partial charge in [-0.2, -0.15) is 0 Å². The molecule has 3 fully saturated rings. The summed E-state index contributed by atoms with van der Waals surface area (Å²) in [4.78, 5) is 14.1. The summed E-state index contributed by atoms with van der Waals surface area (Å²) in [5, 5.41) is 6.70. The van der Waals surface area contributed by atoms with Crippen LogP contribution in [0, 0.1) is 5.92 Å². The van der Waals surface area contributed by atoms with Gasteiger partial charge < -0.3 is 10.6 Å². The summed E-state index contributed by atoms with van der Waals surface area (Å²) in [6, 6.07) is 1.33. The molecule has 2 unspecified atom stereocenters. The van der Waals surface area contributed by atoms with E-state index in [4.69, 9.17) is 0 Å². The molecule has 2 saturated heterocycles. The van der Waals surface area contributed by atoms with Gasteiger partial charge in [0.25, 0.3) is 0 Å². The molecule has 2 bridgehead atoms. The first-order chi connectivity index (χ1) is 8.29. The summed E-state index contributed by atoms with van der Waals surface area (Å²) in [7, 11) is 0. The van der Waals surface area contributed by atoms with Gasteiger partial charge in [0.2, 0.25) is 5.91 Å². The number of likely N-dealkylation sites (tertiary alicyclic amines) is 1. The van der Waals surface area contributed by atoms with Gasteiger partial charge >= 0.3 is 0 Å². The van der Waals surface area contributed by atoms with Crippen LogP contribution in [0.3, 0.4) is 0 Å². The lowest BCUT2D eigenvalue weighted by Gasteiger charge is -2.23. The smallest absolute Gasteiger partial charge is 0.234 e. The third-order valence-electron chi connectivity index (χ3n) is 4.26. The van der Waals surface area contributed by atoms with E-state index in [1.807, 2.05) is 0 Å². The lowest BCUT2D eigenvalue weighted by Crippen LogP contribution is -2.42. The lowest BCUT2D eigenvalue weighted by molar-refractivity contribution is -0.122. The lowest BCUT2D eigenvalue weighted by atomic mass is 10.1. The minimum Gasteiger partial charge on any atom is -0.355 e. The van der Waals surface area contributed by atoms with Crippen molar-refractivity contribution in [2.45, 2.75) is 44.2 Å². The molecule has 2 aliphatic heterocycles. The van der Waals surface area contributed by atoms with Gasteiger partial charge in [-0.15, -0.1) is 12.4 Å². The molecule has 3 rings (SSSR count). The highest BCUT2D eigenvalue weighted by molar-refractivity contribution is 5.85. The van der Waals surface area contributed by atoms with E-state index < -0.39 is 0 Å². The molecule has 0 aromatic heterocycles. The Bertz CT molecular complexity index is 296. The predicted molar refractivity (Wildman–Crippen MR) is 74.0 cm³/mol. The zero-order valence-corrected chi connectivity index (χ0v) is 11.7. The van der Waals surface area contributed by atoms with Crippen LogP contribution in [0.5, 0.6) is 0 Å². The SMILES string of the molecule is Cl.O=C(CN1CCC2CCC(C1)N2)NCC1CC1. The van der Waals surface area contributed by atoms with Crippen molar-refractivity contribution in [2.75, 3.05) is 26.2 Å². The fraction of sp³-hybridized carbons (Fsp3) is 0.923. The summed E-state index contributed by atoms with van der Waals surface area (Å²) in [6.45, 7) is 3.62. The molecule has 2 atom stereocenters. The number of carbonyl (C=O) groups is 1. The van der Waals surface area contributed by atoms with Gasteiger partial charge in [-0.25, -0.2) is 0 Å². The van der Waals surface area contributed by atoms with E-state index in [-0.39, 0.29) is 18.3 Å². The van der Waals surface area contributed by atoms with E-state index in [0.717, 1.165) is 25.6 Å². The van der Waals surface area contributed by atoms with E-state index >= 15 is 0 Å². The first-order valence-electron chi connectivity index (χ1n) is 7.05. The van der Waals surface area contributed by atoms with Crippen molar-refractivity contribution in [3.63, 3.8) is 0 Å². The van der Waals surface area contributed by atoms with Crippen LogP contribution in [0.15, 0.2) is 0 Å². The molecule has 1 aliphatic carbocycles. The Kier molecular flexibility index (Phi) is 4.87. The van der Waals surface area contributed by atoms with Crippen molar-refractivity contribution in [3.8, 4) is 0 Å². The number of nitrogens with one attached hydrogen (secondary N) is 2. The quantitative estimate of drug-likeness (QED) is 0.795. The number of rotatable bonds is 4. The van der Waals surface area contributed by atoms with E-state index in [1.165, 1.54) is 32.1 Å². The molecular formula is C13H24ClN3O. The van der Waals surface area contributed by atoms with E-state index in [1.54, 1.807) is 0 Å². The highest BCUT2D eigenvalue weighted by Crippen LogP contribution is 2.27. The van der Waals surface area contributed by atoms with Gasteiger partial charge in [0.05, 0.1) is 6.54 Å². The van der Waals surface area contributed by atoms with Crippen molar-refractivity contribution in [3.05, 3.63) is 0 Å². The maximum Gasteiger partial charge on any atom is 0.234 e. The number of amides is 1. The van der Waals surface area contributed by atoms with Crippen molar-refractivity contribution in [2.24, 2.45) is 5.92 Å². The summed E-state index contributed by atoms with van der Waals surface area (Å²) >= 11 is 0.